The third-order valence-corrected chi connectivity index (χ3v) is 5.21. The molecule has 0 aromatic heterocycles. The fourth-order valence-electron chi connectivity index (χ4n) is 3.27. The predicted octanol–water partition coefficient (Wildman–Crippen LogP) is 2.01. The highest BCUT2D eigenvalue weighted by molar-refractivity contribution is 6.09. The van der Waals surface area contributed by atoms with E-state index in [9.17, 15) is 19.2 Å². The van der Waals surface area contributed by atoms with Crippen molar-refractivity contribution in [3.05, 3.63) is 29.8 Å². The minimum atomic E-state index is -0.948. The number of carbonyl (C=O) groups excluding carboxylic acids is 4. The summed E-state index contributed by atoms with van der Waals surface area (Å²) in [5.74, 6) is -1.23. The number of rotatable bonds is 7. The number of imide groups is 1. The molecule has 1 heterocycles. The second kappa shape index (κ2) is 7.61. The number of hydrogen-bond donors (Lipinski definition) is 2. The lowest BCUT2D eigenvalue weighted by Crippen LogP contribution is -2.46. The first-order valence-electron chi connectivity index (χ1n) is 9.40. The van der Waals surface area contributed by atoms with E-state index in [0.717, 1.165) is 23.3 Å². The Morgan fingerprint density at radius 1 is 1.25 bits per heavy atom. The molecule has 1 aliphatic carbocycles. The maximum atomic E-state index is 12.5. The Morgan fingerprint density at radius 3 is 2.46 bits per heavy atom. The molecule has 3 rings (SSSR count). The van der Waals surface area contributed by atoms with Gasteiger partial charge in [-0.2, -0.15) is 0 Å². The van der Waals surface area contributed by atoms with Gasteiger partial charge in [0.05, 0.1) is 0 Å². The summed E-state index contributed by atoms with van der Waals surface area (Å²) in [6.45, 7) is 4.82. The van der Waals surface area contributed by atoms with Crippen molar-refractivity contribution in [3.8, 4) is 0 Å². The number of hydrogen-bond acceptors (Lipinski definition) is 5. The van der Waals surface area contributed by atoms with Gasteiger partial charge in [-0.05, 0) is 49.3 Å². The zero-order valence-electron chi connectivity index (χ0n) is 16.3. The van der Waals surface area contributed by atoms with Crippen LogP contribution < -0.4 is 10.6 Å². The van der Waals surface area contributed by atoms with Gasteiger partial charge in [0.25, 0.3) is 11.8 Å². The highest BCUT2D eigenvalue weighted by Crippen LogP contribution is 2.42. The summed E-state index contributed by atoms with van der Waals surface area (Å²) in [6, 6.07) is 6.79. The molecule has 1 aromatic carbocycles. The van der Waals surface area contributed by atoms with Gasteiger partial charge < -0.3 is 15.4 Å². The van der Waals surface area contributed by atoms with Crippen molar-refractivity contribution >= 4 is 29.5 Å². The molecule has 28 heavy (non-hydrogen) atoms. The number of nitrogens with one attached hydrogen (secondary N) is 2. The van der Waals surface area contributed by atoms with Crippen molar-refractivity contribution in [1.82, 2.24) is 10.2 Å². The van der Waals surface area contributed by atoms with Crippen LogP contribution in [0.2, 0.25) is 0 Å². The van der Waals surface area contributed by atoms with E-state index < -0.39 is 42.5 Å². The largest absolute Gasteiger partial charge is 0.454 e. The normalized spacial score (nSPS) is 21.6. The van der Waals surface area contributed by atoms with E-state index in [0.29, 0.717) is 11.6 Å². The summed E-state index contributed by atoms with van der Waals surface area (Å²) in [5, 5.41) is 5.29. The lowest BCUT2D eigenvalue weighted by molar-refractivity contribution is -0.150. The zero-order chi connectivity index (χ0) is 20.5. The minimum absolute atomic E-state index is 0.109. The first-order chi connectivity index (χ1) is 13.2. The third-order valence-electron chi connectivity index (χ3n) is 5.21. The Labute approximate surface area is 163 Å². The average molecular weight is 387 g/mol. The summed E-state index contributed by atoms with van der Waals surface area (Å²) in [5.41, 5.74) is 0.799. The van der Waals surface area contributed by atoms with Crippen molar-refractivity contribution in [1.29, 1.82) is 0 Å². The van der Waals surface area contributed by atoms with Crippen LogP contribution >= 0.6 is 0 Å². The molecule has 0 spiro atoms. The number of ether oxygens (including phenoxy) is 1. The van der Waals surface area contributed by atoms with Crippen molar-refractivity contribution in [2.24, 2.45) is 5.92 Å². The molecular weight excluding hydrogens is 362 g/mol. The number of carbonyl (C=O) groups is 4. The van der Waals surface area contributed by atoms with Crippen LogP contribution in [0.4, 0.5) is 10.5 Å². The smallest absolute Gasteiger partial charge is 0.326 e. The van der Waals surface area contributed by atoms with Crippen LogP contribution in [0.25, 0.3) is 0 Å². The molecule has 1 saturated heterocycles. The predicted molar refractivity (Wildman–Crippen MR) is 101 cm³/mol. The molecule has 1 aliphatic heterocycles. The van der Waals surface area contributed by atoms with E-state index in [1.54, 1.807) is 19.1 Å². The Bertz CT molecular complexity index is 801. The van der Waals surface area contributed by atoms with Crippen LogP contribution in [0.5, 0.6) is 0 Å². The molecule has 2 aliphatic rings. The molecule has 1 aromatic rings. The quantitative estimate of drug-likeness (QED) is 0.550. The van der Waals surface area contributed by atoms with Crippen molar-refractivity contribution in [3.63, 3.8) is 0 Å². The number of nitrogens with zero attached hydrogens (tertiary/aromatic N) is 1. The molecule has 4 amide bonds. The number of amides is 4. The zero-order valence-corrected chi connectivity index (χ0v) is 16.3. The highest BCUT2D eigenvalue weighted by atomic mass is 16.5. The van der Waals surface area contributed by atoms with Gasteiger partial charge in [-0.1, -0.05) is 26.0 Å². The summed E-state index contributed by atoms with van der Waals surface area (Å²) in [4.78, 5) is 49.3. The number of esters is 1. The van der Waals surface area contributed by atoms with Crippen molar-refractivity contribution in [2.75, 3.05) is 18.5 Å². The second-order valence-corrected chi connectivity index (χ2v) is 7.78. The second-order valence-electron chi connectivity index (χ2n) is 7.78. The maximum Gasteiger partial charge on any atom is 0.326 e. The maximum absolute atomic E-state index is 12.5. The molecule has 8 heteroatoms. The van der Waals surface area contributed by atoms with E-state index >= 15 is 0 Å². The van der Waals surface area contributed by atoms with Crippen LogP contribution in [0, 0.1) is 5.92 Å². The molecule has 150 valence electrons. The van der Waals surface area contributed by atoms with Gasteiger partial charge in [-0.15, -0.1) is 0 Å². The SMILES string of the molecule is CC(C)c1ccc(NC(=O)COC(=O)CN2C(=O)N[C@@](C)(C3CC3)C2=O)cc1. The van der Waals surface area contributed by atoms with Gasteiger partial charge in [-0.25, -0.2) is 4.79 Å². The van der Waals surface area contributed by atoms with Gasteiger partial charge in [0.1, 0.15) is 12.1 Å². The molecule has 0 bridgehead atoms. The molecule has 8 nitrogen and oxygen atoms in total. The summed E-state index contributed by atoms with van der Waals surface area (Å²) < 4.78 is 4.92. The Hall–Kier alpha value is -2.90. The molecular formula is C20H25N3O5. The Morgan fingerprint density at radius 2 is 1.89 bits per heavy atom. The molecule has 0 radical (unpaired) electrons. The molecule has 1 saturated carbocycles. The highest BCUT2D eigenvalue weighted by Gasteiger charge is 2.56. The Balaban J connectivity index is 1.47. The van der Waals surface area contributed by atoms with Crippen LogP contribution in [0.15, 0.2) is 24.3 Å². The molecule has 1 atom stereocenters. The van der Waals surface area contributed by atoms with Gasteiger partial charge >= 0.3 is 12.0 Å². The number of urea groups is 1. The first-order valence-corrected chi connectivity index (χ1v) is 9.40. The first kappa shape index (κ1) is 19.9. The van der Waals surface area contributed by atoms with Gasteiger partial charge in [0.15, 0.2) is 6.61 Å². The Kier molecular flexibility index (Phi) is 5.40. The molecule has 0 unspecified atom stereocenters. The monoisotopic (exact) mass is 387 g/mol. The molecule has 2 fully saturated rings. The summed E-state index contributed by atoms with van der Waals surface area (Å²) >= 11 is 0. The topological polar surface area (TPSA) is 105 Å². The van der Waals surface area contributed by atoms with Crippen LogP contribution in [0.1, 0.15) is 45.1 Å². The van der Waals surface area contributed by atoms with Gasteiger partial charge in [0, 0.05) is 5.69 Å². The van der Waals surface area contributed by atoms with Crippen molar-refractivity contribution < 1.29 is 23.9 Å². The van der Waals surface area contributed by atoms with E-state index in [-0.39, 0.29) is 5.92 Å². The molecule has 2 N–H and O–H groups in total. The van der Waals surface area contributed by atoms with Crippen LogP contribution in [0.3, 0.4) is 0 Å². The van der Waals surface area contributed by atoms with E-state index in [4.69, 9.17) is 4.74 Å². The number of anilines is 1. The average Bonchev–Trinajstić information content (AvgIpc) is 3.47. The lowest BCUT2D eigenvalue weighted by atomic mass is 9.96. The fourth-order valence-corrected chi connectivity index (χ4v) is 3.27. The lowest BCUT2D eigenvalue weighted by Gasteiger charge is -2.20. The van der Waals surface area contributed by atoms with Crippen LogP contribution in [-0.4, -0.2) is 47.4 Å². The minimum Gasteiger partial charge on any atom is -0.454 e. The van der Waals surface area contributed by atoms with E-state index in [1.807, 2.05) is 12.1 Å². The van der Waals surface area contributed by atoms with Crippen molar-refractivity contribution in [2.45, 2.75) is 45.1 Å². The van der Waals surface area contributed by atoms with Gasteiger partial charge in [-0.3, -0.25) is 19.3 Å². The van der Waals surface area contributed by atoms with E-state index in [2.05, 4.69) is 24.5 Å². The summed E-state index contributed by atoms with van der Waals surface area (Å²) in [6.07, 6.45) is 1.75. The standard InChI is InChI=1S/C20H25N3O5/c1-12(2)13-4-8-15(9-5-13)21-16(24)11-28-17(25)10-23-18(26)20(3,14-6-7-14)22-19(23)27/h4-5,8-9,12,14H,6-7,10-11H2,1-3H3,(H,21,24)(H,22,27)/t20-/m0/s1. The summed E-state index contributed by atoms with van der Waals surface area (Å²) in [7, 11) is 0. The van der Waals surface area contributed by atoms with Crippen LogP contribution in [-0.2, 0) is 19.1 Å². The van der Waals surface area contributed by atoms with E-state index in [1.165, 1.54) is 0 Å². The van der Waals surface area contributed by atoms with Gasteiger partial charge in [0.2, 0.25) is 0 Å². The number of benzene rings is 1. The third kappa shape index (κ3) is 4.16. The fraction of sp³-hybridized carbons (Fsp3) is 0.500.